The number of carboxylic acids is 1. The highest BCUT2D eigenvalue weighted by molar-refractivity contribution is 5.76. The fourth-order valence-electron chi connectivity index (χ4n) is 4.88. The highest BCUT2D eigenvalue weighted by Crippen LogP contribution is 2.43. The first-order chi connectivity index (χ1) is 16.0. The fraction of sp³-hybridized carbons (Fsp3) is 0.375. The van der Waals surface area contributed by atoms with Gasteiger partial charge in [-0.3, -0.25) is 14.2 Å². The maximum atomic E-state index is 12.8. The zero-order valence-corrected chi connectivity index (χ0v) is 18.0. The molecule has 0 bridgehead atoms. The predicted octanol–water partition coefficient (Wildman–Crippen LogP) is 1.65. The van der Waals surface area contributed by atoms with Crippen molar-refractivity contribution in [1.29, 1.82) is 0 Å². The number of benzene rings is 2. The Bertz CT molecular complexity index is 1310. The number of para-hydroxylation sites is 2. The van der Waals surface area contributed by atoms with Crippen LogP contribution in [0.2, 0.25) is 0 Å². The lowest BCUT2D eigenvalue weighted by Crippen LogP contribution is -2.46. The molecule has 2 N–H and O–H groups in total. The Labute approximate surface area is 189 Å². The average Bonchev–Trinajstić information content (AvgIpc) is 2.83. The first-order valence-corrected chi connectivity index (χ1v) is 11.1. The summed E-state index contributed by atoms with van der Waals surface area (Å²) in [6.45, 7) is 2.49. The standard InChI is InChI=1S/C24H25N3O6/c28-22-17-4-1-2-6-19(17)25-24(31)27(22)11-10-26-9-8-15(18(14-26)23(29)30)16-5-3-7-20-21(16)33-13-12-32-20/h1-7,15,18H,8-14H2,(H,25,31)(H,29,30). The molecule has 0 spiro atoms. The van der Waals surface area contributed by atoms with E-state index in [0.29, 0.717) is 61.7 Å². The van der Waals surface area contributed by atoms with Gasteiger partial charge in [0.1, 0.15) is 13.2 Å². The summed E-state index contributed by atoms with van der Waals surface area (Å²) in [5.41, 5.74) is 0.567. The molecular weight excluding hydrogens is 426 g/mol. The largest absolute Gasteiger partial charge is 0.486 e. The number of H-pyrrole nitrogens is 1. The van der Waals surface area contributed by atoms with Gasteiger partial charge in [-0.05, 0) is 31.2 Å². The highest BCUT2D eigenvalue weighted by Gasteiger charge is 2.37. The number of fused-ring (bicyclic) bond motifs is 2. The number of piperidine rings is 1. The van der Waals surface area contributed by atoms with Crippen molar-refractivity contribution in [2.75, 3.05) is 32.8 Å². The summed E-state index contributed by atoms with van der Waals surface area (Å²) < 4.78 is 12.7. The van der Waals surface area contributed by atoms with Crippen molar-refractivity contribution in [3.05, 3.63) is 68.9 Å². The SMILES string of the molecule is O=C(O)C1CN(CCn2c(=O)[nH]c3ccccc3c2=O)CCC1c1cccc2c1OCCO2. The van der Waals surface area contributed by atoms with Gasteiger partial charge in [0.25, 0.3) is 5.56 Å². The van der Waals surface area contributed by atoms with Crippen LogP contribution in [-0.2, 0) is 11.3 Å². The van der Waals surface area contributed by atoms with Crippen molar-refractivity contribution in [3.8, 4) is 11.5 Å². The Hall–Kier alpha value is -3.59. The second-order valence-corrected chi connectivity index (χ2v) is 8.44. The van der Waals surface area contributed by atoms with Gasteiger partial charge in [-0.25, -0.2) is 4.79 Å². The van der Waals surface area contributed by atoms with Crippen molar-refractivity contribution in [3.63, 3.8) is 0 Å². The molecule has 2 unspecified atom stereocenters. The number of nitrogens with one attached hydrogen (secondary N) is 1. The monoisotopic (exact) mass is 451 g/mol. The molecule has 0 radical (unpaired) electrons. The van der Waals surface area contributed by atoms with Crippen molar-refractivity contribution in [2.45, 2.75) is 18.9 Å². The summed E-state index contributed by atoms with van der Waals surface area (Å²) in [6, 6.07) is 12.5. The number of aliphatic carboxylic acids is 1. The number of nitrogens with zero attached hydrogens (tertiary/aromatic N) is 2. The van der Waals surface area contributed by atoms with E-state index in [2.05, 4.69) is 4.98 Å². The Morgan fingerprint density at radius 1 is 1.06 bits per heavy atom. The number of hydrogen-bond acceptors (Lipinski definition) is 6. The number of carboxylic acid groups (broad SMARTS) is 1. The first kappa shape index (κ1) is 21.3. The third-order valence-electron chi connectivity index (χ3n) is 6.54. The molecule has 2 aliphatic rings. The molecule has 0 saturated carbocycles. The van der Waals surface area contributed by atoms with Crippen LogP contribution in [0.1, 0.15) is 17.9 Å². The van der Waals surface area contributed by atoms with Gasteiger partial charge in [0.15, 0.2) is 11.5 Å². The lowest BCUT2D eigenvalue weighted by Gasteiger charge is -2.37. The summed E-state index contributed by atoms with van der Waals surface area (Å²) >= 11 is 0. The molecule has 2 aliphatic heterocycles. The number of aromatic nitrogens is 2. The predicted molar refractivity (Wildman–Crippen MR) is 121 cm³/mol. The molecule has 9 nitrogen and oxygen atoms in total. The van der Waals surface area contributed by atoms with Crippen molar-refractivity contribution in [1.82, 2.24) is 14.5 Å². The molecule has 2 aromatic carbocycles. The van der Waals surface area contributed by atoms with Crippen molar-refractivity contribution in [2.24, 2.45) is 5.92 Å². The lowest BCUT2D eigenvalue weighted by molar-refractivity contribution is -0.144. The van der Waals surface area contributed by atoms with E-state index in [-0.39, 0.29) is 18.0 Å². The van der Waals surface area contributed by atoms with Gasteiger partial charge in [0.2, 0.25) is 0 Å². The minimum absolute atomic E-state index is 0.188. The Balaban J connectivity index is 1.34. The number of aromatic amines is 1. The Morgan fingerprint density at radius 2 is 1.88 bits per heavy atom. The molecular formula is C24H25N3O6. The molecule has 0 amide bonds. The third kappa shape index (κ3) is 4.00. The summed E-state index contributed by atoms with van der Waals surface area (Å²) in [5.74, 6) is -0.424. The van der Waals surface area contributed by atoms with Crippen LogP contribution in [0.3, 0.4) is 0 Å². The number of ether oxygens (including phenoxy) is 2. The quantitative estimate of drug-likeness (QED) is 0.606. The van der Waals surface area contributed by atoms with Crippen LogP contribution in [0, 0.1) is 5.92 Å². The number of rotatable bonds is 5. The van der Waals surface area contributed by atoms with Crippen LogP contribution in [0.5, 0.6) is 11.5 Å². The highest BCUT2D eigenvalue weighted by atomic mass is 16.6. The van der Waals surface area contributed by atoms with E-state index >= 15 is 0 Å². The van der Waals surface area contributed by atoms with Gasteiger partial charge < -0.3 is 24.5 Å². The Morgan fingerprint density at radius 3 is 2.73 bits per heavy atom. The van der Waals surface area contributed by atoms with Crippen LogP contribution < -0.4 is 20.7 Å². The summed E-state index contributed by atoms with van der Waals surface area (Å²) in [4.78, 5) is 42.1. The number of hydrogen-bond donors (Lipinski definition) is 2. The molecule has 0 aliphatic carbocycles. The minimum atomic E-state index is -0.875. The smallest absolute Gasteiger partial charge is 0.328 e. The molecule has 33 heavy (non-hydrogen) atoms. The third-order valence-corrected chi connectivity index (χ3v) is 6.54. The maximum Gasteiger partial charge on any atom is 0.328 e. The van der Waals surface area contributed by atoms with E-state index in [0.717, 1.165) is 5.56 Å². The van der Waals surface area contributed by atoms with Crippen molar-refractivity contribution >= 4 is 16.9 Å². The number of carbonyl (C=O) groups is 1. The first-order valence-electron chi connectivity index (χ1n) is 11.1. The summed E-state index contributed by atoms with van der Waals surface area (Å²) in [5, 5.41) is 10.4. The molecule has 1 saturated heterocycles. The zero-order valence-electron chi connectivity index (χ0n) is 18.0. The topological polar surface area (TPSA) is 114 Å². The van der Waals surface area contributed by atoms with Gasteiger partial charge in [0.05, 0.1) is 16.8 Å². The van der Waals surface area contributed by atoms with Gasteiger partial charge >= 0.3 is 11.7 Å². The normalized spacial score (nSPS) is 20.6. The Kier molecular flexibility index (Phi) is 5.63. The molecule has 1 fully saturated rings. The van der Waals surface area contributed by atoms with Crippen LogP contribution in [0.4, 0.5) is 0 Å². The second-order valence-electron chi connectivity index (χ2n) is 8.44. The van der Waals surface area contributed by atoms with Crippen molar-refractivity contribution < 1.29 is 19.4 Å². The van der Waals surface area contributed by atoms with Crippen LogP contribution in [-0.4, -0.2) is 58.4 Å². The van der Waals surface area contributed by atoms with E-state index in [9.17, 15) is 19.5 Å². The molecule has 2 atom stereocenters. The molecule has 3 aromatic rings. The fourth-order valence-corrected chi connectivity index (χ4v) is 4.88. The van der Waals surface area contributed by atoms with E-state index in [1.807, 2.05) is 23.1 Å². The van der Waals surface area contributed by atoms with Gasteiger partial charge in [-0.2, -0.15) is 0 Å². The van der Waals surface area contributed by atoms with E-state index in [4.69, 9.17) is 9.47 Å². The number of likely N-dealkylation sites (tertiary alicyclic amines) is 1. The molecule has 5 rings (SSSR count). The second kappa shape index (κ2) is 8.74. The zero-order chi connectivity index (χ0) is 22.9. The van der Waals surface area contributed by atoms with Gasteiger partial charge in [0, 0.05) is 31.1 Å². The summed E-state index contributed by atoms with van der Waals surface area (Å²) in [6.07, 6.45) is 0.625. The van der Waals surface area contributed by atoms with E-state index in [1.165, 1.54) is 4.57 Å². The molecule has 1 aromatic heterocycles. The molecule has 172 valence electrons. The summed E-state index contributed by atoms with van der Waals surface area (Å²) in [7, 11) is 0. The lowest BCUT2D eigenvalue weighted by atomic mass is 9.80. The van der Waals surface area contributed by atoms with Crippen LogP contribution in [0.25, 0.3) is 10.9 Å². The van der Waals surface area contributed by atoms with E-state index in [1.54, 1.807) is 24.3 Å². The van der Waals surface area contributed by atoms with Crippen LogP contribution in [0.15, 0.2) is 52.1 Å². The molecule has 3 heterocycles. The van der Waals surface area contributed by atoms with Gasteiger partial charge in [-0.15, -0.1) is 0 Å². The minimum Gasteiger partial charge on any atom is -0.486 e. The van der Waals surface area contributed by atoms with Gasteiger partial charge in [-0.1, -0.05) is 24.3 Å². The average molecular weight is 451 g/mol. The maximum absolute atomic E-state index is 12.8. The van der Waals surface area contributed by atoms with E-state index < -0.39 is 17.6 Å². The molecule has 9 heteroatoms. The van der Waals surface area contributed by atoms with Crippen LogP contribution >= 0.6 is 0 Å².